The molecule has 2 atom stereocenters. The number of benzene rings is 2. The molecule has 31 heavy (non-hydrogen) atoms. The number of likely N-dealkylation sites (tertiary alicyclic amines) is 1. The highest BCUT2D eigenvalue weighted by atomic mass is 35.5. The first-order chi connectivity index (χ1) is 14.7. The Balaban J connectivity index is 1.94. The molecule has 0 aliphatic carbocycles. The zero-order chi connectivity index (χ0) is 22.3. The summed E-state index contributed by atoms with van der Waals surface area (Å²) in [5.41, 5.74) is 6.40. The van der Waals surface area contributed by atoms with E-state index in [0.29, 0.717) is 40.4 Å². The van der Waals surface area contributed by atoms with Gasteiger partial charge in [-0.3, -0.25) is 14.3 Å². The number of hydrogen-bond donors (Lipinski definition) is 1. The lowest BCUT2D eigenvalue weighted by molar-refractivity contribution is 0.0215. The fourth-order valence-corrected chi connectivity index (χ4v) is 4.14. The normalized spacial score (nSPS) is 19.1. The summed E-state index contributed by atoms with van der Waals surface area (Å²) in [5.74, 6) is 0.435. The number of rotatable bonds is 2. The number of ether oxygens (including phenoxy) is 1. The lowest BCUT2D eigenvalue weighted by Gasteiger charge is -2.29. The summed E-state index contributed by atoms with van der Waals surface area (Å²) in [4.78, 5) is 32.9. The van der Waals surface area contributed by atoms with E-state index in [2.05, 4.69) is 0 Å². The average Bonchev–Trinajstić information content (AvgIpc) is 3.09. The van der Waals surface area contributed by atoms with Gasteiger partial charge in [0.15, 0.2) is 0 Å². The highest BCUT2D eigenvalue weighted by Gasteiger charge is 2.40. The molecule has 2 N–H and O–H groups in total. The second kappa shape index (κ2) is 7.98. The van der Waals surface area contributed by atoms with Crippen molar-refractivity contribution in [2.75, 3.05) is 6.54 Å². The molecule has 0 radical (unpaired) electrons. The Labute approximate surface area is 185 Å². The molecular weight excluding hydrogens is 416 g/mol. The van der Waals surface area contributed by atoms with Gasteiger partial charge >= 0.3 is 6.09 Å². The third kappa shape index (κ3) is 4.16. The van der Waals surface area contributed by atoms with Gasteiger partial charge in [-0.1, -0.05) is 35.9 Å². The standard InChI is InChI=1S/C23H25ClN4O3/c1-23(2,3)31-22(30)27-13-14(25)12-18(27)20-26-17-11-7-10-16(24)19(17)21(29)28(20)15-8-5-4-6-9-15/h4-11,14,18H,12-13,25H2,1-3H3/t14-,18+/m1/s1. The van der Waals surface area contributed by atoms with Crippen molar-refractivity contribution in [3.8, 4) is 5.69 Å². The molecule has 8 heteroatoms. The van der Waals surface area contributed by atoms with E-state index in [-0.39, 0.29) is 11.6 Å². The molecule has 0 bridgehead atoms. The number of halogens is 1. The van der Waals surface area contributed by atoms with Crippen molar-refractivity contribution in [3.63, 3.8) is 0 Å². The number of nitrogens with two attached hydrogens (primary N) is 1. The minimum Gasteiger partial charge on any atom is -0.444 e. The van der Waals surface area contributed by atoms with Gasteiger partial charge in [-0.05, 0) is 51.5 Å². The van der Waals surface area contributed by atoms with E-state index in [1.165, 1.54) is 4.57 Å². The van der Waals surface area contributed by atoms with Gasteiger partial charge in [-0.15, -0.1) is 0 Å². The van der Waals surface area contributed by atoms with Crippen LogP contribution in [0.3, 0.4) is 0 Å². The summed E-state index contributed by atoms with van der Waals surface area (Å²) in [6, 6.07) is 13.6. The summed E-state index contributed by atoms with van der Waals surface area (Å²) < 4.78 is 7.12. The van der Waals surface area contributed by atoms with Crippen molar-refractivity contribution in [2.45, 2.75) is 44.9 Å². The van der Waals surface area contributed by atoms with E-state index in [4.69, 9.17) is 27.1 Å². The molecule has 3 aromatic rings. The summed E-state index contributed by atoms with van der Waals surface area (Å²) in [6.45, 7) is 5.75. The largest absolute Gasteiger partial charge is 0.444 e. The summed E-state index contributed by atoms with van der Waals surface area (Å²) in [7, 11) is 0. The van der Waals surface area contributed by atoms with Crippen LogP contribution in [0.4, 0.5) is 4.79 Å². The molecule has 1 fully saturated rings. The zero-order valence-electron chi connectivity index (χ0n) is 17.7. The maximum Gasteiger partial charge on any atom is 0.410 e. The Kier molecular flexibility index (Phi) is 5.49. The van der Waals surface area contributed by atoms with Crippen LogP contribution in [0, 0.1) is 0 Å². The number of aromatic nitrogens is 2. The quantitative estimate of drug-likeness (QED) is 0.649. The van der Waals surface area contributed by atoms with Gasteiger partial charge < -0.3 is 10.5 Å². The molecule has 1 amide bonds. The molecule has 0 unspecified atom stereocenters. The lowest BCUT2D eigenvalue weighted by atomic mass is 10.1. The fourth-order valence-electron chi connectivity index (χ4n) is 3.89. The van der Waals surface area contributed by atoms with E-state index < -0.39 is 17.7 Å². The number of amides is 1. The Hall–Kier alpha value is -2.90. The fraction of sp³-hybridized carbons (Fsp3) is 0.348. The van der Waals surface area contributed by atoms with Gasteiger partial charge in [-0.2, -0.15) is 0 Å². The van der Waals surface area contributed by atoms with Crippen LogP contribution in [0.25, 0.3) is 16.6 Å². The number of nitrogens with zero attached hydrogens (tertiary/aromatic N) is 3. The van der Waals surface area contributed by atoms with Crippen LogP contribution in [0.5, 0.6) is 0 Å². The first kappa shape index (κ1) is 21.3. The predicted molar refractivity (Wildman–Crippen MR) is 121 cm³/mol. The van der Waals surface area contributed by atoms with Gasteiger partial charge in [0.2, 0.25) is 0 Å². The predicted octanol–water partition coefficient (Wildman–Crippen LogP) is 4.05. The molecule has 2 heterocycles. The zero-order valence-corrected chi connectivity index (χ0v) is 18.5. The van der Waals surface area contributed by atoms with Crippen LogP contribution in [0.15, 0.2) is 53.3 Å². The number of carbonyl (C=O) groups excluding carboxylic acids is 1. The first-order valence-electron chi connectivity index (χ1n) is 10.2. The smallest absolute Gasteiger partial charge is 0.410 e. The Morgan fingerprint density at radius 3 is 2.55 bits per heavy atom. The molecule has 162 valence electrons. The van der Waals surface area contributed by atoms with Gasteiger partial charge in [0.25, 0.3) is 5.56 Å². The van der Waals surface area contributed by atoms with E-state index in [0.717, 1.165) is 0 Å². The number of hydrogen-bond acceptors (Lipinski definition) is 5. The van der Waals surface area contributed by atoms with Gasteiger partial charge in [0, 0.05) is 12.6 Å². The second-order valence-corrected chi connectivity index (χ2v) is 9.13. The highest BCUT2D eigenvalue weighted by Crippen LogP contribution is 2.33. The van der Waals surface area contributed by atoms with Crippen molar-refractivity contribution < 1.29 is 9.53 Å². The SMILES string of the molecule is CC(C)(C)OC(=O)N1C[C@H](N)C[C@H]1c1nc2cccc(Cl)c2c(=O)n1-c1ccccc1. The van der Waals surface area contributed by atoms with Crippen LogP contribution in [0.2, 0.25) is 5.02 Å². The number of para-hydroxylation sites is 1. The van der Waals surface area contributed by atoms with Crippen LogP contribution in [-0.4, -0.2) is 38.7 Å². The minimum absolute atomic E-state index is 0.256. The Morgan fingerprint density at radius 2 is 1.87 bits per heavy atom. The molecule has 1 saturated heterocycles. The maximum absolute atomic E-state index is 13.6. The van der Waals surface area contributed by atoms with Gasteiger partial charge in [0.1, 0.15) is 11.4 Å². The van der Waals surface area contributed by atoms with Crippen molar-refractivity contribution >= 4 is 28.6 Å². The molecule has 2 aromatic carbocycles. The molecular formula is C23H25ClN4O3. The van der Waals surface area contributed by atoms with Crippen molar-refractivity contribution in [3.05, 3.63) is 69.7 Å². The van der Waals surface area contributed by atoms with E-state index in [9.17, 15) is 9.59 Å². The number of carbonyl (C=O) groups is 1. The third-order valence-corrected chi connectivity index (χ3v) is 5.46. The molecule has 7 nitrogen and oxygen atoms in total. The third-order valence-electron chi connectivity index (χ3n) is 5.15. The maximum atomic E-state index is 13.6. The molecule has 0 saturated carbocycles. The topological polar surface area (TPSA) is 90.5 Å². The lowest BCUT2D eigenvalue weighted by Crippen LogP contribution is -2.39. The van der Waals surface area contributed by atoms with Crippen molar-refractivity contribution in [1.82, 2.24) is 14.5 Å². The van der Waals surface area contributed by atoms with E-state index >= 15 is 0 Å². The monoisotopic (exact) mass is 440 g/mol. The van der Waals surface area contributed by atoms with Crippen LogP contribution >= 0.6 is 11.6 Å². The van der Waals surface area contributed by atoms with Gasteiger partial charge in [-0.25, -0.2) is 9.78 Å². The Morgan fingerprint density at radius 1 is 1.16 bits per heavy atom. The van der Waals surface area contributed by atoms with Crippen molar-refractivity contribution in [2.24, 2.45) is 5.73 Å². The van der Waals surface area contributed by atoms with Crippen LogP contribution in [-0.2, 0) is 4.74 Å². The number of fused-ring (bicyclic) bond motifs is 1. The molecule has 1 aromatic heterocycles. The molecule has 1 aliphatic rings. The highest BCUT2D eigenvalue weighted by molar-refractivity contribution is 6.35. The first-order valence-corrected chi connectivity index (χ1v) is 10.6. The molecule has 0 spiro atoms. The average molecular weight is 441 g/mol. The summed E-state index contributed by atoms with van der Waals surface area (Å²) >= 11 is 6.35. The van der Waals surface area contributed by atoms with Crippen LogP contribution in [0.1, 0.15) is 39.1 Å². The van der Waals surface area contributed by atoms with E-state index in [1.54, 1.807) is 23.1 Å². The summed E-state index contributed by atoms with van der Waals surface area (Å²) in [5, 5.41) is 0.668. The Bertz CT molecular complexity index is 1190. The summed E-state index contributed by atoms with van der Waals surface area (Å²) in [6.07, 6.45) is -0.0181. The van der Waals surface area contributed by atoms with Gasteiger partial charge in [0.05, 0.1) is 27.7 Å². The van der Waals surface area contributed by atoms with Crippen molar-refractivity contribution in [1.29, 1.82) is 0 Å². The van der Waals surface area contributed by atoms with E-state index in [1.807, 2.05) is 51.1 Å². The molecule has 1 aliphatic heterocycles. The minimum atomic E-state index is -0.655. The second-order valence-electron chi connectivity index (χ2n) is 8.72. The molecule has 4 rings (SSSR count). The van der Waals surface area contributed by atoms with Crippen LogP contribution < -0.4 is 11.3 Å².